The van der Waals surface area contributed by atoms with E-state index in [4.69, 9.17) is 43.1 Å². The van der Waals surface area contributed by atoms with Gasteiger partial charge in [-0.25, -0.2) is 0 Å². The van der Waals surface area contributed by atoms with E-state index in [-0.39, 0.29) is 17.8 Å². The lowest BCUT2D eigenvalue weighted by molar-refractivity contribution is -0.120. The highest BCUT2D eigenvalue weighted by Crippen LogP contribution is 2.25. The van der Waals surface area contributed by atoms with Crippen molar-refractivity contribution in [3.63, 3.8) is 0 Å². The topological polar surface area (TPSA) is 120 Å². The van der Waals surface area contributed by atoms with Crippen LogP contribution < -0.4 is 15.8 Å². The summed E-state index contributed by atoms with van der Waals surface area (Å²) in [5.41, 5.74) is 6.66. The van der Waals surface area contributed by atoms with Gasteiger partial charge in [-0.3, -0.25) is 9.59 Å². The van der Waals surface area contributed by atoms with Crippen LogP contribution in [0.4, 0.5) is 0 Å². The van der Waals surface area contributed by atoms with Gasteiger partial charge in [0.25, 0.3) is 12.4 Å². The average Bonchev–Trinajstić information content (AvgIpc) is 2.83. The molecule has 0 heterocycles. The van der Waals surface area contributed by atoms with Gasteiger partial charge in [0.2, 0.25) is 0 Å². The van der Waals surface area contributed by atoms with Crippen LogP contribution in [-0.2, 0) is 20.9 Å². The van der Waals surface area contributed by atoms with Crippen molar-refractivity contribution in [2.45, 2.75) is 38.4 Å². The Kier molecular flexibility index (Phi) is 13.7. The molecule has 0 saturated heterocycles. The second-order valence-electron chi connectivity index (χ2n) is 7.83. The number of aliphatic hydroxyl groups is 1. The maximum Gasteiger partial charge on any atom is 0.298 e. The number of hydrogen-bond acceptors (Lipinski definition) is 7. The number of benzene rings is 2. The van der Waals surface area contributed by atoms with Crippen molar-refractivity contribution in [1.82, 2.24) is 5.32 Å². The van der Waals surface area contributed by atoms with E-state index in [0.29, 0.717) is 48.6 Å². The quantitative estimate of drug-likeness (QED) is 0.198. The highest BCUT2D eigenvalue weighted by atomic mass is 35.5. The Bertz CT molecular complexity index is 924. The first kappa shape index (κ1) is 29.0. The molecule has 0 aliphatic carbocycles. The monoisotopic (exact) mass is 526 g/mol. The van der Waals surface area contributed by atoms with Crippen LogP contribution in [0.3, 0.4) is 0 Å². The van der Waals surface area contributed by atoms with Crippen molar-refractivity contribution in [3.05, 3.63) is 63.1 Å². The number of nitrogens with one attached hydrogen (secondary N) is 1. The molecule has 0 fully saturated rings. The minimum absolute atomic E-state index is 0.0485. The number of ether oxygens (including phenoxy) is 3. The van der Waals surface area contributed by atoms with Gasteiger partial charge in [-0.05, 0) is 49.2 Å². The van der Waals surface area contributed by atoms with E-state index in [1.165, 1.54) is 12.1 Å². The zero-order valence-electron chi connectivity index (χ0n) is 19.5. The SMILES string of the molecule is NC(=O)c1cc([C@@H](O)CNCCCCCCOCCOCc2c(Cl)cccc2Cl)ccc1OC=O. The highest BCUT2D eigenvalue weighted by molar-refractivity contribution is 6.35. The van der Waals surface area contributed by atoms with Crippen LogP contribution in [0.2, 0.25) is 10.0 Å². The fourth-order valence-electron chi connectivity index (χ4n) is 3.33. The van der Waals surface area contributed by atoms with Crippen molar-refractivity contribution in [3.8, 4) is 5.75 Å². The van der Waals surface area contributed by atoms with Crippen molar-refractivity contribution in [2.24, 2.45) is 5.73 Å². The first-order valence-corrected chi connectivity index (χ1v) is 12.2. The number of rotatable bonds is 18. The normalized spacial score (nSPS) is 11.9. The zero-order valence-corrected chi connectivity index (χ0v) is 21.0. The molecule has 35 heavy (non-hydrogen) atoms. The lowest BCUT2D eigenvalue weighted by atomic mass is 10.0. The molecule has 1 atom stereocenters. The van der Waals surface area contributed by atoms with E-state index >= 15 is 0 Å². The lowest BCUT2D eigenvalue weighted by Gasteiger charge is -2.14. The molecule has 0 aromatic heterocycles. The summed E-state index contributed by atoms with van der Waals surface area (Å²) in [6.45, 7) is 3.33. The van der Waals surface area contributed by atoms with E-state index in [1.807, 2.05) is 0 Å². The Morgan fingerprint density at radius 1 is 1.03 bits per heavy atom. The Hall–Kier alpha value is -2.20. The van der Waals surface area contributed by atoms with Gasteiger partial charge in [-0.15, -0.1) is 0 Å². The zero-order chi connectivity index (χ0) is 25.5. The smallest absolute Gasteiger partial charge is 0.298 e. The number of primary amides is 1. The van der Waals surface area contributed by atoms with E-state index in [1.54, 1.807) is 24.3 Å². The second-order valence-corrected chi connectivity index (χ2v) is 8.65. The first-order chi connectivity index (χ1) is 16.9. The van der Waals surface area contributed by atoms with Gasteiger partial charge in [0.1, 0.15) is 5.75 Å². The summed E-state index contributed by atoms with van der Waals surface area (Å²) >= 11 is 12.2. The molecule has 2 rings (SSSR count). The average molecular weight is 527 g/mol. The second kappa shape index (κ2) is 16.5. The molecule has 0 unspecified atom stereocenters. The molecule has 0 saturated carbocycles. The molecule has 2 aromatic carbocycles. The number of amides is 1. The van der Waals surface area contributed by atoms with Crippen LogP contribution in [0.5, 0.6) is 5.75 Å². The number of halogens is 2. The number of hydrogen-bond donors (Lipinski definition) is 3. The lowest BCUT2D eigenvalue weighted by Crippen LogP contribution is -2.23. The van der Waals surface area contributed by atoms with Crippen LogP contribution >= 0.6 is 23.2 Å². The Morgan fingerprint density at radius 2 is 1.74 bits per heavy atom. The van der Waals surface area contributed by atoms with E-state index in [2.05, 4.69) is 5.32 Å². The number of unbranched alkanes of at least 4 members (excludes halogenated alkanes) is 3. The predicted octanol–water partition coefficient (Wildman–Crippen LogP) is 4.04. The first-order valence-electron chi connectivity index (χ1n) is 11.4. The molecule has 1 amide bonds. The molecule has 2 aromatic rings. The molecular formula is C25H32Cl2N2O6. The summed E-state index contributed by atoms with van der Waals surface area (Å²) in [4.78, 5) is 22.0. The predicted molar refractivity (Wildman–Crippen MR) is 135 cm³/mol. The van der Waals surface area contributed by atoms with Crippen molar-refractivity contribution < 1.29 is 28.9 Å². The third-order valence-corrected chi connectivity index (χ3v) is 5.95. The maximum atomic E-state index is 11.5. The van der Waals surface area contributed by atoms with Gasteiger partial charge in [-0.2, -0.15) is 0 Å². The molecule has 0 spiro atoms. The van der Waals surface area contributed by atoms with Crippen LogP contribution in [0.15, 0.2) is 36.4 Å². The molecule has 8 nitrogen and oxygen atoms in total. The van der Waals surface area contributed by atoms with Gasteiger partial charge >= 0.3 is 0 Å². The summed E-state index contributed by atoms with van der Waals surface area (Å²) in [5, 5.41) is 14.7. The third kappa shape index (κ3) is 10.5. The molecule has 0 aliphatic heterocycles. The van der Waals surface area contributed by atoms with Crippen molar-refractivity contribution >= 4 is 35.6 Å². The van der Waals surface area contributed by atoms with Gasteiger partial charge < -0.3 is 30.4 Å². The molecule has 10 heteroatoms. The summed E-state index contributed by atoms with van der Waals surface area (Å²) in [6, 6.07) is 9.84. The summed E-state index contributed by atoms with van der Waals surface area (Å²) < 4.78 is 15.9. The maximum absolute atomic E-state index is 11.5. The number of carbonyl (C=O) groups is 2. The number of aliphatic hydroxyl groups excluding tert-OH is 1. The van der Waals surface area contributed by atoms with E-state index < -0.39 is 12.0 Å². The number of carbonyl (C=O) groups excluding carboxylic acids is 2. The van der Waals surface area contributed by atoms with Crippen molar-refractivity contribution in [1.29, 1.82) is 0 Å². The van der Waals surface area contributed by atoms with Crippen LogP contribution in [0.1, 0.15) is 53.3 Å². The summed E-state index contributed by atoms with van der Waals surface area (Å²) in [7, 11) is 0. The van der Waals surface area contributed by atoms with Gasteiger partial charge in [0, 0.05) is 28.8 Å². The number of nitrogens with two attached hydrogens (primary N) is 1. The Morgan fingerprint density at radius 3 is 2.46 bits per heavy atom. The largest absolute Gasteiger partial charge is 0.428 e. The van der Waals surface area contributed by atoms with Crippen LogP contribution in [0, 0.1) is 0 Å². The van der Waals surface area contributed by atoms with E-state index in [9.17, 15) is 14.7 Å². The van der Waals surface area contributed by atoms with E-state index in [0.717, 1.165) is 37.8 Å². The fraction of sp³-hybridized carbons (Fsp3) is 0.440. The minimum Gasteiger partial charge on any atom is -0.428 e. The van der Waals surface area contributed by atoms with Crippen molar-refractivity contribution in [2.75, 3.05) is 32.9 Å². The molecular weight excluding hydrogens is 495 g/mol. The van der Waals surface area contributed by atoms with Crippen LogP contribution in [-0.4, -0.2) is 50.4 Å². The minimum atomic E-state index is -0.817. The Balaban J connectivity index is 1.48. The Labute approximate surface area is 215 Å². The standard InChI is InChI=1S/C25H32Cl2N2O6/c26-21-6-5-7-22(27)20(21)16-34-13-12-33-11-4-2-1-3-10-29-15-23(31)18-8-9-24(35-17-30)19(14-18)25(28)32/h5-9,14,17,23,29,31H,1-4,10-13,15-16H2,(H2,28,32)/t23-/m0/s1. The highest BCUT2D eigenvalue weighted by Gasteiger charge is 2.14. The molecule has 0 radical (unpaired) electrons. The summed E-state index contributed by atoms with van der Waals surface area (Å²) in [5.74, 6) is -0.669. The molecule has 4 N–H and O–H groups in total. The molecule has 0 aliphatic rings. The third-order valence-electron chi connectivity index (χ3n) is 5.24. The van der Waals surface area contributed by atoms with Crippen LogP contribution in [0.25, 0.3) is 0 Å². The summed E-state index contributed by atoms with van der Waals surface area (Å²) in [6.07, 6.45) is 3.19. The molecule has 192 valence electrons. The van der Waals surface area contributed by atoms with Gasteiger partial charge in [0.05, 0.1) is 31.5 Å². The fourth-order valence-corrected chi connectivity index (χ4v) is 3.84. The van der Waals surface area contributed by atoms with Gasteiger partial charge in [-0.1, -0.05) is 48.2 Å². The molecule has 0 bridgehead atoms. The van der Waals surface area contributed by atoms with Gasteiger partial charge in [0.15, 0.2) is 0 Å².